The minimum Gasteiger partial charge on any atom is -0.450 e. The average Bonchev–Trinajstić information content (AvgIpc) is 2.01. The van der Waals surface area contributed by atoms with Crippen molar-refractivity contribution in [3.63, 3.8) is 0 Å². The van der Waals surface area contributed by atoms with Gasteiger partial charge in [-0.1, -0.05) is 6.92 Å². The molecule has 0 rings (SSSR count). The van der Waals surface area contributed by atoms with E-state index in [0.717, 1.165) is 6.42 Å². The first-order valence-electron chi connectivity index (χ1n) is 3.57. The van der Waals surface area contributed by atoms with Gasteiger partial charge in [0.05, 0.1) is 6.61 Å². The summed E-state index contributed by atoms with van der Waals surface area (Å²) in [6.45, 7) is 2.62. The van der Waals surface area contributed by atoms with Crippen molar-refractivity contribution in [1.29, 1.82) is 0 Å². The summed E-state index contributed by atoms with van der Waals surface area (Å²) in [6, 6.07) is 0. The number of ether oxygens (including phenoxy) is 1. The molecule has 0 unspecified atom stereocenters. The molecule has 0 bridgehead atoms. The third-order valence-electron chi connectivity index (χ3n) is 0.934. The summed E-state index contributed by atoms with van der Waals surface area (Å²) >= 11 is 0. The minimum atomic E-state index is -0.470. The van der Waals surface area contributed by atoms with Crippen LogP contribution < -0.4 is 5.32 Å². The second-order valence-corrected chi connectivity index (χ2v) is 1.96. The molecule has 0 spiro atoms. The molecule has 1 N–H and O–H groups in total. The molecule has 1 amide bonds. The number of hydrogen-bond donors (Lipinski definition) is 1. The fraction of sp³-hybridized carbons (Fsp3) is 0.714. The molecule has 1 radical (unpaired) electrons. The van der Waals surface area contributed by atoms with Crippen LogP contribution in [0.15, 0.2) is 0 Å². The van der Waals surface area contributed by atoms with Gasteiger partial charge in [0.15, 0.2) is 6.29 Å². The predicted octanol–water partition coefficient (Wildman–Crippen LogP) is 0.622. The van der Waals surface area contributed by atoms with E-state index in [1.165, 1.54) is 0 Å². The highest BCUT2D eigenvalue weighted by Gasteiger charge is 1.97. The van der Waals surface area contributed by atoms with E-state index in [2.05, 4.69) is 10.1 Å². The largest absolute Gasteiger partial charge is 0.450 e. The van der Waals surface area contributed by atoms with Crippen molar-refractivity contribution in [3.8, 4) is 0 Å². The van der Waals surface area contributed by atoms with Crippen LogP contribution in [0.25, 0.3) is 0 Å². The lowest BCUT2D eigenvalue weighted by Crippen LogP contribution is -2.25. The van der Waals surface area contributed by atoms with Crippen molar-refractivity contribution in [1.82, 2.24) is 5.32 Å². The zero-order valence-electron chi connectivity index (χ0n) is 6.55. The molecule has 0 fully saturated rings. The van der Waals surface area contributed by atoms with Crippen LogP contribution in [0, 0.1) is 0 Å². The molecule has 4 heteroatoms. The molecule has 0 aliphatic carbocycles. The molecule has 4 nitrogen and oxygen atoms in total. The summed E-state index contributed by atoms with van der Waals surface area (Å²) in [6.07, 6.45) is 2.20. The van der Waals surface area contributed by atoms with Crippen molar-refractivity contribution in [2.24, 2.45) is 0 Å². The Bertz CT molecular complexity index is 125. The fourth-order valence-corrected chi connectivity index (χ4v) is 0.461. The van der Waals surface area contributed by atoms with E-state index in [4.69, 9.17) is 0 Å². The van der Waals surface area contributed by atoms with E-state index < -0.39 is 6.09 Å². The Morgan fingerprint density at radius 2 is 2.36 bits per heavy atom. The molecular formula is C7H12NO3. The van der Waals surface area contributed by atoms with Gasteiger partial charge in [0.1, 0.15) is 0 Å². The van der Waals surface area contributed by atoms with Crippen LogP contribution in [0.5, 0.6) is 0 Å². The molecule has 0 saturated heterocycles. The van der Waals surface area contributed by atoms with Gasteiger partial charge in [-0.25, -0.2) is 4.79 Å². The first kappa shape index (κ1) is 9.94. The first-order chi connectivity index (χ1) is 5.31. The van der Waals surface area contributed by atoms with Gasteiger partial charge in [-0.05, 0) is 6.42 Å². The number of carbonyl (C=O) groups excluding carboxylic acids is 2. The number of rotatable bonds is 5. The Morgan fingerprint density at radius 3 is 2.91 bits per heavy atom. The van der Waals surface area contributed by atoms with E-state index in [0.29, 0.717) is 13.2 Å². The molecule has 11 heavy (non-hydrogen) atoms. The third kappa shape index (κ3) is 6.83. The fourth-order valence-electron chi connectivity index (χ4n) is 0.461. The van der Waals surface area contributed by atoms with Crippen molar-refractivity contribution >= 4 is 12.4 Å². The second kappa shape index (κ2) is 7.05. The van der Waals surface area contributed by atoms with Crippen molar-refractivity contribution in [3.05, 3.63) is 0 Å². The smallest absolute Gasteiger partial charge is 0.407 e. The second-order valence-electron chi connectivity index (χ2n) is 1.96. The number of amides is 1. The standard InChI is InChI=1S/C7H12NO3/c1-2-6-11-7(10)8-4-3-5-9/h2-4,6H2,1H3,(H,8,10). The molecule has 0 aliphatic rings. The molecular weight excluding hydrogens is 146 g/mol. The summed E-state index contributed by atoms with van der Waals surface area (Å²) < 4.78 is 4.66. The van der Waals surface area contributed by atoms with Crippen molar-refractivity contribution in [2.75, 3.05) is 13.2 Å². The van der Waals surface area contributed by atoms with E-state index in [1.807, 2.05) is 6.92 Å². The van der Waals surface area contributed by atoms with Crippen LogP contribution >= 0.6 is 0 Å². The molecule has 0 aromatic carbocycles. The quantitative estimate of drug-likeness (QED) is 0.597. The third-order valence-corrected chi connectivity index (χ3v) is 0.934. The molecule has 0 heterocycles. The van der Waals surface area contributed by atoms with E-state index in [9.17, 15) is 9.59 Å². The van der Waals surface area contributed by atoms with Crippen LogP contribution in [0.4, 0.5) is 4.79 Å². The van der Waals surface area contributed by atoms with Crippen LogP contribution in [0.1, 0.15) is 19.8 Å². The number of hydrogen-bond acceptors (Lipinski definition) is 3. The lowest BCUT2D eigenvalue weighted by atomic mass is 10.5. The Balaban J connectivity index is 3.15. The van der Waals surface area contributed by atoms with E-state index in [-0.39, 0.29) is 6.42 Å². The number of carbonyl (C=O) groups is 1. The van der Waals surface area contributed by atoms with Crippen LogP contribution in [-0.4, -0.2) is 25.5 Å². The zero-order valence-corrected chi connectivity index (χ0v) is 6.55. The lowest BCUT2D eigenvalue weighted by molar-refractivity contribution is 0.146. The van der Waals surface area contributed by atoms with Gasteiger partial charge >= 0.3 is 6.09 Å². The normalized spacial score (nSPS) is 8.82. The minimum absolute atomic E-state index is 0.210. The predicted molar refractivity (Wildman–Crippen MR) is 40.0 cm³/mol. The topological polar surface area (TPSA) is 55.4 Å². The van der Waals surface area contributed by atoms with Crippen LogP contribution in [-0.2, 0) is 9.53 Å². The summed E-state index contributed by atoms with van der Waals surface area (Å²) in [7, 11) is 0. The monoisotopic (exact) mass is 158 g/mol. The Hall–Kier alpha value is -1.06. The van der Waals surface area contributed by atoms with Gasteiger partial charge < -0.3 is 10.1 Å². The van der Waals surface area contributed by atoms with Gasteiger partial charge in [0.25, 0.3) is 0 Å². The maximum absolute atomic E-state index is 10.6. The summed E-state index contributed by atoms with van der Waals surface area (Å²) in [5.41, 5.74) is 0. The lowest BCUT2D eigenvalue weighted by Gasteiger charge is -2.02. The number of nitrogens with one attached hydrogen (secondary N) is 1. The highest BCUT2D eigenvalue weighted by molar-refractivity contribution is 5.67. The summed E-state index contributed by atoms with van der Waals surface area (Å²) in [5, 5.41) is 2.39. The summed E-state index contributed by atoms with van der Waals surface area (Å²) in [4.78, 5) is 20.3. The highest BCUT2D eigenvalue weighted by Crippen LogP contribution is 1.81. The van der Waals surface area contributed by atoms with Gasteiger partial charge in [-0.15, -0.1) is 0 Å². The van der Waals surface area contributed by atoms with E-state index in [1.54, 1.807) is 6.29 Å². The van der Waals surface area contributed by atoms with Crippen LogP contribution in [0.2, 0.25) is 0 Å². The van der Waals surface area contributed by atoms with Gasteiger partial charge in [-0.3, -0.25) is 4.79 Å². The Kier molecular flexibility index (Phi) is 6.37. The molecule has 0 atom stereocenters. The van der Waals surface area contributed by atoms with E-state index >= 15 is 0 Å². The molecule has 0 aliphatic heterocycles. The SMILES string of the molecule is CCCOC(=O)NCC[C]=O. The molecule has 0 saturated carbocycles. The van der Waals surface area contributed by atoms with Crippen LogP contribution in [0.3, 0.4) is 0 Å². The Labute approximate surface area is 65.9 Å². The van der Waals surface area contributed by atoms with Gasteiger partial charge in [0.2, 0.25) is 0 Å². The molecule has 0 aromatic heterocycles. The van der Waals surface area contributed by atoms with Crippen molar-refractivity contribution < 1.29 is 14.3 Å². The summed E-state index contributed by atoms with van der Waals surface area (Å²) in [5.74, 6) is 0. The number of alkyl carbamates (subject to hydrolysis) is 1. The Morgan fingerprint density at radius 1 is 1.64 bits per heavy atom. The first-order valence-corrected chi connectivity index (χ1v) is 3.57. The molecule has 63 valence electrons. The zero-order chi connectivity index (χ0) is 8.53. The maximum Gasteiger partial charge on any atom is 0.407 e. The van der Waals surface area contributed by atoms with Gasteiger partial charge in [0, 0.05) is 13.0 Å². The van der Waals surface area contributed by atoms with Crippen molar-refractivity contribution in [2.45, 2.75) is 19.8 Å². The highest BCUT2D eigenvalue weighted by atomic mass is 16.5. The average molecular weight is 158 g/mol. The van der Waals surface area contributed by atoms with Gasteiger partial charge in [-0.2, -0.15) is 0 Å². The molecule has 0 aromatic rings. The maximum atomic E-state index is 10.6.